The maximum Gasteiger partial charge on any atom is 0.227 e. The third-order valence-corrected chi connectivity index (χ3v) is 5.64. The Labute approximate surface area is 167 Å². The summed E-state index contributed by atoms with van der Waals surface area (Å²) in [4.78, 5) is 23.3. The summed E-state index contributed by atoms with van der Waals surface area (Å²) in [5, 5.41) is 0. The maximum atomic E-state index is 12.9. The number of nitrogens with two attached hydrogens (primary N) is 1. The van der Waals surface area contributed by atoms with Crippen LogP contribution >= 0.6 is 0 Å². The minimum Gasteiger partial charge on any atom is -0.497 e. The number of ether oxygens (including phenoxy) is 1. The summed E-state index contributed by atoms with van der Waals surface area (Å²) in [5.74, 6) is 1.86. The van der Waals surface area contributed by atoms with E-state index in [1.807, 2.05) is 30.9 Å². The number of carbonyl (C=O) groups excluding carboxylic acids is 1. The first-order valence-electron chi connectivity index (χ1n) is 9.96. The lowest BCUT2D eigenvalue weighted by Gasteiger charge is -2.33. The van der Waals surface area contributed by atoms with Crippen LogP contribution in [-0.2, 0) is 17.6 Å². The number of nitrogens with zero attached hydrogens (tertiary/aromatic N) is 3. The van der Waals surface area contributed by atoms with Crippen molar-refractivity contribution >= 4 is 11.9 Å². The number of hydrogen-bond donors (Lipinski definition) is 1. The summed E-state index contributed by atoms with van der Waals surface area (Å²) in [7, 11) is 1.68. The van der Waals surface area contributed by atoms with Gasteiger partial charge >= 0.3 is 0 Å². The molecule has 2 heterocycles. The lowest BCUT2D eigenvalue weighted by molar-refractivity contribution is -0.132. The van der Waals surface area contributed by atoms with Crippen LogP contribution in [0.5, 0.6) is 5.75 Å². The molecule has 0 spiro atoms. The van der Waals surface area contributed by atoms with E-state index < -0.39 is 0 Å². The summed E-state index contributed by atoms with van der Waals surface area (Å²) in [6.07, 6.45) is 4.72. The quantitative estimate of drug-likeness (QED) is 0.830. The van der Waals surface area contributed by atoms with Crippen molar-refractivity contribution in [1.82, 2.24) is 14.9 Å². The molecule has 0 unspecified atom stereocenters. The van der Waals surface area contributed by atoms with Gasteiger partial charge in [-0.2, -0.15) is 0 Å². The molecule has 0 bridgehead atoms. The van der Waals surface area contributed by atoms with Crippen LogP contribution in [0.2, 0.25) is 0 Å². The number of hydrogen-bond acceptors (Lipinski definition) is 5. The first kappa shape index (κ1) is 20.1. The van der Waals surface area contributed by atoms with Crippen molar-refractivity contribution in [2.75, 3.05) is 25.9 Å². The fourth-order valence-electron chi connectivity index (χ4n) is 3.97. The average Bonchev–Trinajstić information content (AvgIpc) is 2.69. The molecule has 150 valence electrons. The second-order valence-electron chi connectivity index (χ2n) is 7.64. The zero-order chi connectivity index (χ0) is 20.1. The van der Waals surface area contributed by atoms with Crippen LogP contribution in [0.3, 0.4) is 0 Å². The fraction of sp³-hybridized carbons (Fsp3) is 0.500. The van der Waals surface area contributed by atoms with Gasteiger partial charge in [0.05, 0.1) is 13.5 Å². The lowest BCUT2D eigenvalue weighted by Crippen LogP contribution is -2.41. The molecule has 1 aromatic heterocycles. The molecule has 6 nitrogen and oxygen atoms in total. The smallest absolute Gasteiger partial charge is 0.227 e. The van der Waals surface area contributed by atoms with E-state index in [1.165, 1.54) is 12.0 Å². The first-order chi connectivity index (χ1) is 13.5. The molecule has 2 N–H and O–H groups in total. The summed E-state index contributed by atoms with van der Waals surface area (Å²) in [5.41, 5.74) is 9.51. The highest BCUT2D eigenvalue weighted by Gasteiger charge is 2.24. The Morgan fingerprint density at radius 3 is 2.54 bits per heavy atom. The van der Waals surface area contributed by atoms with Gasteiger partial charge in [-0.15, -0.1) is 0 Å². The van der Waals surface area contributed by atoms with E-state index in [-0.39, 0.29) is 11.9 Å². The Kier molecular flexibility index (Phi) is 6.49. The van der Waals surface area contributed by atoms with Crippen LogP contribution in [0.15, 0.2) is 24.3 Å². The number of benzene rings is 1. The van der Waals surface area contributed by atoms with Crippen LogP contribution in [0, 0.1) is 19.8 Å². The van der Waals surface area contributed by atoms with Gasteiger partial charge in [0.2, 0.25) is 11.9 Å². The van der Waals surface area contributed by atoms with Crippen molar-refractivity contribution in [2.24, 2.45) is 5.92 Å². The highest BCUT2D eigenvalue weighted by atomic mass is 16.5. The normalized spacial score (nSPS) is 16.8. The summed E-state index contributed by atoms with van der Waals surface area (Å²) in [6, 6.07) is 8.26. The Hall–Kier alpha value is -2.63. The zero-order valence-corrected chi connectivity index (χ0v) is 17.1. The van der Waals surface area contributed by atoms with E-state index in [2.05, 4.69) is 22.1 Å². The number of aromatic nitrogens is 2. The monoisotopic (exact) mass is 382 g/mol. The van der Waals surface area contributed by atoms with Crippen LogP contribution in [-0.4, -0.2) is 41.0 Å². The van der Waals surface area contributed by atoms with Crippen molar-refractivity contribution in [3.8, 4) is 5.75 Å². The number of nitrogen functional groups attached to an aromatic ring is 1. The highest BCUT2D eigenvalue weighted by Crippen LogP contribution is 2.23. The summed E-state index contributed by atoms with van der Waals surface area (Å²) in [6.45, 7) is 5.46. The molecule has 1 fully saturated rings. The highest BCUT2D eigenvalue weighted by molar-refractivity contribution is 5.79. The number of aryl methyl sites for hydroxylation is 3. The molecule has 1 atom stereocenters. The minimum absolute atomic E-state index is 0.161. The number of methoxy groups -OCH3 is 1. The molecule has 28 heavy (non-hydrogen) atoms. The van der Waals surface area contributed by atoms with Crippen LogP contribution in [0.4, 0.5) is 5.95 Å². The van der Waals surface area contributed by atoms with Crippen molar-refractivity contribution in [2.45, 2.75) is 46.0 Å². The third-order valence-electron chi connectivity index (χ3n) is 5.64. The first-order valence-corrected chi connectivity index (χ1v) is 9.96. The molecule has 1 aromatic carbocycles. The van der Waals surface area contributed by atoms with E-state index in [0.717, 1.165) is 55.1 Å². The van der Waals surface area contributed by atoms with E-state index in [9.17, 15) is 4.79 Å². The van der Waals surface area contributed by atoms with Crippen molar-refractivity contribution in [3.63, 3.8) is 0 Å². The lowest BCUT2D eigenvalue weighted by atomic mass is 9.91. The Morgan fingerprint density at radius 1 is 1.21 bits per heavy atom. The average molecular weight is 383 g/mol. The van der Waals surface area contributed by atoms with Crippen molar-refractivity contribution in [1.29, 1.82) is 0 Å². The molecule has 1 amide bonds. The molecule has 3 rings (SSSR count). The zero-order valence-electron chi connectivity index (χ0n) is 17.1. The van der Waals surface area contributed by atoms with E-state index in [0.29, 0.717) is 12.3 Å². The van der Waals surface area contributed by atoms with Crippen LogP contribution < -0.4 is 10.5 Å². The number of amides is 1. The maximum absolute atomic E-state index is 12.9. The second kappa shape index (κ2) is 9.04. The largest absolute Gasteiger partial charge is 0.497 e. The topological polar surface area (TPSA) is 81.3 Å². The summed E-state index contributed by atoms with van der Waals surface area (Å²) < 4.78 is 5.22. The van der Waals surface area contributed by atoms with Crippen molar-refractivity contribution in [3.05, 3.63) is 46.8 Å². The van der Waals surface area contributed by atoms with Gasteiger partial charge in [-0.3, -0.25) is 4.79 Å². The van der Waals surface area contributed by atoms with Gasteiger partial charge in [0.15, 0.2) is 0 Å². The standard InChI is InChI=1S/C22H30N4O2/c1-15-20(16(2)25-22(23)24-15)13-21(27)26-12-4-5-18(14-26)7-6-17-8-10-19(28-3)11-9-17/h8-11,18H,4-7,12-14H2,1-3H3,(H2,23,24,25)/t18-/m1/s1. The van der Waals surface area contributed by atoms with Gasteiger partial charge in [-0.1, -0.05) is 12.1 Å². The summed E-state index contributed by atoms with van der Waals surface area (Å²) >= 11 is 0. The molecule has 1 saturated heterocycles. The molecule has 1 aliphatic rings. The van der Waals surface area contributed by atoms with Crippen LogP contribution in [0.1, 0.15) is 41.8 Å². The molecular weight excluding hydrogens is 352 g/mol. The van der Waals surface area contributed by atoms with Gasteiger partial charge in [0.25, 0.3) is 0 Å². The van der Waals surface area contributed by atoms with Gasteiger partial charge in [0, 0.05) is 30.0 Å². The van der Waals surface area contributed by atoms with Gasteiger partial charge in [-0.05, 0) is 63.1 Å². The molecule has 0 saturated carbocycles. The number of anilines is 1. The number of carbonyl (C=O) groups is 1. The number of likely N-dealkylation sites (tertiary alicyclic amines) is 1. The van der Waals surface area contributed by atoms with Gasteiger partial charge in [-0.25, -0.2) is 9.97 Å². The van der Waals surface area contributed by atoms with E-state index >= 15 is 0 Å². The molecule has 6 heteroatoms. The molecule has 1 aliphatic heterocycles. The molecular formula is C22H30N4O2. The number of piperidine rings is 1. The Morgan fingerprint density at radius 2 is 1.89 bits per heavy atom. The van der Waals surface area contributed by atoms with E-state index in [1.54, 1.807) is 7.11 Å². The minimum atomic E-state index is 0.161. The van der Waals surface area contributed by atoms with Gasteiger partial charge < -0.3 is 15.4 Å². The predicted octanol–water partition coefficient (Wildman–Crippen LogP) is 3.10. The van der Waals surface area contributed by atoms with Crippen LogP contribution in [0.25, 0.3) is 0 Å². The fourth-order valence-corrected chi connectivity index (χ4v) is 3.97. The molecule has 0 aliphatic carbocycles. The predicted molar refractivity (Wildman–Crippen MR) is 110 cm³/mol. The van der Waals surface area contributed by atoms with Crippen molar-refractivity contribution < 1.29 is 9.53 Å². The Balaban J connectivity index is 1.56. The Bertz CT molecular complexity index is 797. The van der Waals surface area contributed by atoms with E-state index in [4.69, 9.17) is 10.5 Å². The molecule has 2 aromatic rings. The SMILES string of the molecule is COc1ccc(CC[C@H]2CCCN(C(=O)Cc3c(C)nc(N)nc3C)C2)cc1. The number of rotatable bonds is 6. The molecule has 0 radical (unpaired) electrons. The third kappa shape index (κ3) is 5.00. The van der Waals surface area contributed by atoms with Gasteiger partial charge in [0.1, 0.15) is 5.75 Å². The second-order valence-corrected chi connectivity index (χ2v) is 7.64.